The smallest absolute Gasteiger partial charge is 0.309 e. The van der Waals surface area contributed by atoms with E-state index in [1.54, 1.807) is 12.1 Å². The van der Waals surface area contributed by atoms with Gasteiger partial charge >= 0.3 is 5.97 Å². The molecule has 0 amide bonds. The average molecular weight is 306 g/mol. The molecule has 0 radical (unpaired) electrons. The number of nitrogens with zero attached hydrogens (tertiary/aromatic N) is 1. The van der Waals surface area contributed by atoms with Gasteiger partial charge in [-0.05, 0) is 31.2 Å². The highest BCUT2D eigenvalue weighted by Crippen LogP contribution is 2.16. The average Bonchev–Trinajstić information content (AvgIpc) is 2.40. The van der Waals surface area contributed by atoms with E-state index in [4.69, 9.17) is 5.11 Å². The first-order valence-corrected chi connectivity index (χ1v) is 7.61. The van der Waals surface area contributed by atoms with Crippen molar-refractivity contribution < 1.29 is 18.3 Å². The molecule has 2 N–H and O–H groups in total. The molecule has 6 nitrogen and oxygen atoms in total. The molecule has 0 saturated carbocycles. The Labute approximate surface area is 122 Å². The number of anilines is 1. The van der Waals surface area contributed by atoms with Crippen molar-refractivity contribution in [1.29, 1.82) is 0 Å². The fourth-order valence-electron chi connectivity index (χ4n) is 1.68. The molecule has 0 aliphatic heterocycles. The van der Waals surface area contributed by atoms with Gasteiger partial charge in [-0.25, -0.2) is 8.42 Å². The second-order valence-corrected chi connectivity index (χ2v) is 6.21. The highest BCUT2D eigenvalue weighted by Gasteiger charge is 2.14. The highest BCUT2D eigenvalue weighted by molar-refractivity contribution is 7.92. The monoisotopic (exact) mass is 306 g/mol. The molecule has 2 aromatic rings. The van der Waals surface area contributed by atoms with E-state index >= 15 is 0 Å². The lowest BCUT2D eigenvalue weighted by atomic mass is 10.2. The third-order valence-electron chi connectivity index (χ3n) is 2.74. The largest absolute Gasteiger partial charge is 0.481 e. The second kappa shape index (κ2) is 5.92. The van der Waals surface area contributed by atoms with Gasteiger partial charge in [0, 0.05) is 0 Å². The van der Waals surface area contributed by atoms with Crippen LogP contribution in [0, 0.1) is 6.92 Å². The Hall–Kier alpha value is -2.41. The maximum atomic E-state index is 12.1. The Morgan fingerprint density at radius 3 is 2.38 bits per heavy atom. The Kier molecular flexibility index (Phi) is 4.23. The molecule has 0 aliphatic carbocycles. The van der Waals surface area contributed by atoms with E-state index in [2.05, 4.69) is 9.71 Å². The van der Waals surface area contributed by atoms with E-state index in [-0.39, 0.29) is 17.0 Å². The predicted molar refractivity (Wildman–Crippen MR) is 77.6 cm³/mol. The van der Waals surface area contributed by atoms with Gasteiger partial charge in [0.15, 0.2) is 0 Å². The number of carbonyl (C=O) groups is 1. The topological polar surface area (TPSA) is 96.4 Å². The van der Waals surface area contributed by atoms with E-state index in [1.165, 1.54) is 30.5 Å². The molecule has 0 fully saturated rings. The first kappa shape index (κ1) is 15.0. The van der Waals surface area contributed by atoms with Gasteiger partial charge in [-0.15, -0.1) is 0 Å². The summed E-state index contributed by atoms with van der Waals surface area (Å²) in [6.45, 7) is 1.87. The zero-order valence-electron chi connectivity index (χ0n) is 11.3. The fraction of sp³-hybridized carbons (Fsp3) is 0.143. The first-order chi connectivity index (χ1) is 9.87. The van der Waals surface area contributed by atoms with Gasteiger partial charge in [-0.1, -0.05) is 17.7 Å². The van der Waals surface area contributed by atoms with Gasteiger partial charge in [0.25, 0.3) is 10.0 Å². The molecule has 110 valence electrons. The summed E-state index contributed by atoms with van der Waals surface area (Å²) < 4.78 is 26.7. The summed E-state index contributed by atoms with van der Waals surface area (Å²) in [4.78, 5) is 14.6. The van der Waals surface area contributed by atoms with Crippen LogP contribution in [-0.4, -0.2) is 24.5 Å². The van der Waals surface area contributed by atoms with Crippen molar-refractivity contribution in [3.63, 3.8) is 0 Å². The number of carboxylic acids is 1. The lowest BCUT2D eigenvalue weighted by Gasteiger charge is -2.08. The molecule has 1 heterocycles. The normalized spacial score (nSPS) is 11.1. The number of sulfonamides is 1. The van der Waals surface area contributed by atoms with Gasteiger partial charge in [-0.2, -0.15) is 0 Å². The zero-order chi connectivity index (χ0) is 15.5. The van der Waals surface area contributed by atoms with Crippen LogP contribution in [0.1, 0.15) is 11.3 Å². The number of hydrogen-bond donors (Lipinski definition) is 2. The summed E-state index contributed by atoms with van der Waals surface area (Å²) in [5.41, 5.74) is 1.61. The molecule has 0 spiro atoms. The van der Waals surface area contributed by atoms with Crippen LogP contribution in [-0.2, 0) is 21.2 Å². The van der Waals surface area contributed by atoms with Crippen molar-refractivity contribution in [2.24, 2.45) is 0 Å². The third-order valence-corrected chi connectivity index (χ3v) is 4.14. The quantitative estimate of drug-likeness (QED) is 0.878. The second-order valence-electron chi connectivity index (χ2n) is 4.53. The molecule has 21 heavy (non-hydrogen) atoms. The van der Waals surface area contributed by atoms with Crippen molar-refractivity contribution in [3.05, 3.63) is 53.9 Å². The van der Waals surface area contributed by atoms with Crippen LogP contribution >= 0.6 is 0 Å². The van der Waals surface area contributed by atoms with Crippen LogP contribution in [0.25, 0.3) is 0 Å². The Morgan fingerprint density at radius 1 is 1.19 bits per heavy atom. The number of rotatable bonds is 5. The number of hydrogen-bond acceptors (Lipinski definition) is 4. The molecule has 1 aromatic carbocycles. The molecule has 0 aliphatic rings. The molecule has 7 heteroatoms. The van der Waals surface area contributed by atoms with E-state index in [1.807, 2.05) is 6.92 Å². The minimum atomic E-state index is -3.67. The Balaban J connectivity index is 2.16. The van der Waals surface area contributed by atoms with Gasteiger partial charge in [0.1, 0.15) is 0 Å². The van der Waals surface area contributed by atoms with Crippen LogP contribution in [0.2, 0.25) is 0 Å². The molecule has 0 atom stereocenters. The minimum Gasteiger partial charge on any atom is -0.481 e. The highest BCUT2D eigenvalue weighted by atomic mass is 32.2. The number of aryl methyl sites for hydroxylation is 1. The van der Waals surface area contributed by atoms with Crippen LogP contribution < -0.4 is 4.72 Å². The standard InChI is InChI=1S/C14H14N2O4S/c1-10-2-6-13(7-3-10)21(19,20)16-12-5-4-11(15-9-12)8-14(17)18/h2-7,9,16H,8H2,1H3,(H,17,18). The number of nitrogens with one attached hydrogen (secondary N) is 1. The van der Waals surface area contributed by atoms with Crippen molar-refractivity contribution >= 4 is 21.7 Å². The summed E-state index contributed by atoms with van der Waals surface area (Å²) in [6.07, 6.45) is 1.09. The summed E-state index contributed by atoms with van der Waals surface area (Å²) in [5.74, 6) is -0.990. The number of aliphatic carboxylic acids is 1. The van der Waals surface area contributed by atoms with Gasteiger partial charge in [0.05, 0.1) is 28.9 Å². The van der Waals surface area contributed by atoms with Crippen molar-refractivity contribution in [3.8, 4) is 0 Å². The third kappa shape index (κ3) is 4.03. The molecule has 2 rings (SSSR count). The summed E-state index contributed by atoms with van der Waals surface area (Å²) in [7, 11) is -3.67. The molecule has 0 saturated heterocycles. The van der Waals surface area contributed by atoms with E-state index in [9.17, 15) is 13.2 Å². The number of pyridine rings is 1. The molecule has 1 aromatic heterocycles. The molecular weight excluding hydrogens is 292 g/mol. The van der Waals surface area contributed by atoms with Crippen molar-refractivity contribution in [1.82, 2.24) is 4.98 Å². The van der Waals surface area contributed by atoms with E-state index in [0.29, 0.717) is 5.69 Å². The summed E-state index contributed by atoms with van der Waals surface area (Å²) in [6, 6.07) is 9.41. The van der Waals surface area contributed by atoms with Crippen molar-refractivity contribution in [2.75, 3.05) is 4.72 Å². The molecule has 0 unspecified atom stereocenters. The molecular formula is C14H14N2O4S. The predicted octanol–water partition coefficient (Wildman–Crippen LogP) is 1.82. The number of carboxylic acid groups (broad SMARTS) is 1. The molecule has 0 bridgehead atoms. The Bertz CT molecular complexity index is 738. The van der Waals surface area contributed by atoms with E-state index in [0.717, 1.165) is 5.56 Å². The summed E-state index contributed by atoms with van der Waals surface area (Å²) in [5, 5.41) is 8.64. The van der Waals surface area contributed by atoms with Crippen LogP contribution in [0.4, 0.5) is 5.69 Å². The lowest BCUT2D eigenvalue weighted by molar-refractivity contribution is -0.136. The summed E-state index contributed by atoms with van der Waals surface area (Å²) >= 11 is 0. The van der Waals surface area contributed by atoms with Crippen LogP contribution in [0.15, 0.2) is 47.5 Å². The maximum Gasteiger partial charge on any atom is 0.309 e. The van der Waals surface area contributed by atoms with Gasteiger partial charge in [-0.3, -0.25) is 14.5 Å². The lowest BCUT2D eigenvalue weighted by Crippen LogP contribution is -2.13. The van der Waals surface area contributed by atoms with Crippen molar-refractivity contribution in [2.45, 2.75) is 18.2 Å². The van der Waals surface area contributed by atoms with Crippen LogP contribution in [0.3, 0.4) is 0 Å². The van der Waals surface area contributed by atoms with Crippen LogP contribution in [0.5, 0.6) is 0 Å². The fourth-order valence-corrected chi connectivity index (χ4v) is 2.72. The Morgan fingerprint density at radius 2 is 1.86 bits per heavy atom. The number of benzene rings is 1. The van der Waals surface area contributed by atoms with Gasteiger partial charge in [0.2, 0.25) is 0 Å². The SMILES string of the molecule is Cc1ccc(S(=O)(=O)Nc2ccc(CC(=O)O)nc2)cc1. The maximum absolute atomic E-state index is 12.1. The van der Waals surface area contributed by atoms with E-state index < -0.39 is 16.0 Å². The van der Waals surface area contributed by atoms with Gasteiger partial charge < -0.3 is 5.11 Å². The minimum absolute atomic E-state index is 0.155. The zero-order valence-corrected chi connectivity index (χ0v) is 12.1. The number of aromatic nitrogens is 1. The first-order valence-electron chi connectivity index (χ1n) is 6.13.